The summed E-state index contributed by atoms with van der Waals surface area (Å²) in [5.74, 6) is -0.550. The summed E-state index contributed by atoms with van der Waals surface area (Å²) >= 11 is 0. The van der Waals surface area contributed by atoms with Gasteiger partial charge >= 0.3 is 23.9 Å². The Kier molecular flexibility index (Phi) is 11.6. The SMILES string of the molecule is C=CC(=O)OCC(C)(C)COC(=O)CCC(=O)OCCc1ccc(OC(=O)C2CCC(C)CC2)cc1. The summed E-state index contributed by atoms with van der Waals surface area (Å²) in [6, 6.07) is 7.17. The monoisotopic (exact) mass is 502 g/mol. The average molecular weight is 503 g/mol. The van der Waals surface area contributed by atoms with Crippen LogP contribution < -0.4 is 4.74 Å². The van der Waals surface area contributed by atoms with Crippen molar-refractivity contribution in [3.8, 4) is 5.75 Å². The molecule has 1 aromatic carbocycles. The Hall–Kier alpha value is -3.16. The van der Waals surface area contributed by atoms with Crippen LogP contribution in [0.3, 0.4) is 0 Å². The minimum absolute atomic E-state index is 0.0221. The number of ether oxygens (including phenoxy) is 4. The number of esters is 4. The molecule has 0 atom stereocenters. The zero-order valence-corrected chi connectivity index (χ0v) is 21.6. The maximum absolute atomic E-state index is 12.3. The van der Waals surface area contributed by atoms with Crippen molar-refractivity contribution in [1.82, 2.24) is 0 Å². The van der Waals surface area contributed by atoms with Gasteiger partial charge in [-0.15, -0.1) is 0 Å². The summed E-state index contributed by atoms with van der Waals surface area (Å²) in [5, 5.41) is 0. The van der Waals surface area contributed by atoms with Crippen molar-refractivity contribution in [2.75, 3.05) is 19.8 Å². The number of carbonyl (C=O) groups is 4. The molecule has 1 aromatic rings. The smallest absolute Gasteiger partial charge is 0.330 e. The average Bonchev–Trinajstić information content (AvgIpc) is 2.86. The summed E-state index contributed by atoms with van der Waals surface area (Å²) in [5.41, 5.74) is 0.380. The highest BCUT2D eigenvalue weighted by Gasteiger charge is 2.26. The third-order valence-corrected chi connectivity index (χ3v) is 6.07. The maximum atomic E-state index is 12.3. The molecule has 0 aromatic heterocycles. The first-order valence-corrected chi connectivity index (χ1v) is 12.5. The Morgan fingerprint density at radius 1 is 0.917 bits per heavy atom. The van der Waals surface area contributed by atoms with Crippen molar-refractivity contribution in [2.24, 2.45) is 17.3 Å². The van der Waals surface area contributed by atoms with Gasteiger partial charge in [0.05, 0.1) is 38.6 Å². The van der Waals surface area contributed by atoms with Crippen LogP contribution in [-0.4, -0.2) is 43.7 Å². The van der Waals surface area contributed by atoms with E-state index in [-0.39, 0.29) is 44.5 Å². The fraction of sp³-hybridized carbons (Fsp3) is 0.571. The van der Waals surface area contributed by atoms with Gasteiger partial charge in [-0.3, -0.25) is 14.4 Å². The van der Waals surface area contributed by atoms with E-state index in [0.29, 0.717) is 18.1 Å². The van der Waals surface area contributed by atoms with E-state index in [1.54, 1.807) is 26.0 Å². The molecule has 198 valence electrons. The zero-order chi connectivity index (χ0) is 26.6. The van der Waals surface area contributed by atoms with E-state index in [2.05, 4.69) is 13.5 Å². The quantitative estimate of drug-likeness (QED) is 0.167. The van der Waals surface area contributed by atoms with Crippen molar-refractivity contribution in [3.63, 3.8) is 0 Å². The van der Waals surface area contributed by atoms with Gasteiger partial charge in [-0.25, -0.2) is 4.79 Å². The molecular weight excluding hydrogens is 464 g/mol. The molecular formula is C28H38O8. The fourth-order valence-corrected chi connectivity index (χ4v) is 3.69. The predicted molar refractivity (Wildman–Crippen MR) is 133 cm³/mol. The fourth-order valence-electron chi connectivity index (χ4n) is 3.69. The largest absolute Gasteiger partial charge is 0.465 e. The van der Waals surface area contributed by atoms with E-state index >= 15 is 0 Å². The lowest BCUT2D eigenvalue weighted by Gasteiger charge is -2.24. The van der Waals surface area contributed by atoms with E-state index < -0.39 is 23.3 Å². The number of hydrogen-bond acceptors (Lipinski definition) is 8. The van der Waals surface area contributed by atoms with Crippen molar-refractivity contribution >= 4 is 23.9 Å². The van der Waals surface area contributed by atoms with Gasteiger partial charge in [0.25, 0.3) is 0 Å². The molecule has 1 aliphatic carbocycles. The van der Waals surface area contributed by atoms with Crippen LogP contribution in [0.25, 0.3) is 0 Å². The lowest BCUT2D eigenvalue weighted by molar-refractivity contribution is -0.154. The van der Waals surface area contributed by atoms with Gasteiger partial charge < -0.3 is 18.9 Å². The Bertz CT molecular complexity index is 895. The van der Waals surface area contributed by atoms with Gasteiger partial charge in [-0.2, -0.15) is 0 Å². The van der Waals surface area contributed by atoms with Gasteiger partial charge in [-0.1, -0.05) is 39.5 Å². The topological polar surface area (TPSA) is 105 Å². The molecule has 0 amide bonds. The van der Waals surface area contributed by atoms with Gasteiger partial charge in [0.1, 0.15) is 5.75 Å². The number of rotatable bonds is 13. The van der Waals surface area contributed by atoms with E-state index in [9.17, 15) is 19.2 Å². The van der Waals surface area contributed by atoms with Crippen molar-refractivity contribution in [3.05, 3.63) is 42.5 Å². The van der Waals surface area contributed by atoms with E-state index in [4.69, 9.17) is 18.9 Å². The molecule has 2 rings (SSSR count). The molecule has 1 fully saturated rings. The summed E-state index contributed by atoms with van der Waals surface area (Å²) in [4.78, 5) is 47.3. The van der Waals surface area contributed by atoms with Crippen LogP contribution in [0, 0.1) is 17.3 Å². The molecule has 0 heterocycles. The van der Waals surface area contributed by atoms with Crippen LogP contribution in [-0.2, 0) is 39.8 Å². The molecule has 0 radical (unpaired) electrons. The zero-order valence-electron chi connectivity index (χ0n) is 21.6. The summed E-state index contributed by atoms with van der Waals surface area (Å²) in [6.07, 6.45) is 5.28. The molecule has 8 nitrogen and oxygen atoms in total. The molecule has 36 heavy (non-hydrogen) atoms. The Labute approximate surface area is 213 Å². The minimum atomic E-state index is -0.558. The normalized spacial score (nSPS) is 17.5. The minimum Gasteiger partial charge on any atom is -0.465 e. The van der Waals surface area contributed by atoms with Crippen LogP contribution in [0.1, 0.15) is 64.9 Å². The van der Waals surface area contributed by atoms with Crippen LogP contribution in [0.2, 0.25) is 0 Å². The van der Waals surface area contributed by atoms with Crippen LogP contribution >= 0.6 is 0 Å². The highest BCUT2D eigenvalue weighted by Crippen LogP contribution is 2.29. The van der Waals surface area contributed by atoms with Crippen molar-refractivity contribution < 1.29 is 38.1 Å². The van der Waals surface area contributed by atoms with Crippen molar-refractivity contribution in [1.29, 1.82) is 0 Å². The first-order valence-electron chi connectivity index (χ1n) is 12.5. The molecule has 0 saturated heterocycles. The van der Waals surface area contributed by atoms with Gasteiger partial charge in [0, 0.05) is 17.9 Å². The lowest BCUT2D eigenvalue weighted by atomic mass is 9.83. The standard InChI is InChI=1S/C28H38O8/c1-5-24(29)34-18-28(3,4)19-35-26(31)15-14-25(30)33-17-16-21-8-12-23(13-9-21)36-27(32)22-10-6-20(2)7-11-22/h5,8-9,12-13,20,22H,1,6-7,10-11,14-19H2,2-4H3. The molecule has 1 saturated carbocycles. The molecule has 0 aliphatic heterocycles. The molecule has 0 bridgehead atoms. The summed E-state index contributed by atoms with van der Waals surface area (Å²) in [6.45, 7) is 9.42. The lowest BCUT2D eigenvalue weighted by Crippen LogP contribution is -2.28. The molecule has 0 unspecified atom stereocenters. The third-order valence-electron chi connectivity index (χ3n) is 6.07. The second-order valence-electron chi connectivity index (χ2n) is 10.1. The molecule has 0 N–H and O–H groups in total. The second-order valence-corrected chi connectivity index (χ2v) is 10.1. The van der Waals surface area contributed by atoms with Crippen LogP contribution in [0.5, 0.6) is 5.75 Å². The Balaban J connectivity index is 1.61. The second kappa shape index (κ2) is 14.4. The van der Waals surface area contributed by atoms with E-state index in [0.717, 1.165) is 37.3 Å². The third kappa shape index (κ3) is 11.1. The van der Waals surface area contributed by atoms with Crippen LogP contribution in [0.15, 0.2) is 36.9 Å². The van der Waals surface area contributed by atoms with Crippen molar-refractivity contribution in [2.45, 2.75) is 65.7 Å². The van der Waals surface area contributed by atoms with E-state index in [1.165, 1.54) is 0 Å². The first-order chi connectivity index (χ1) is 17.1. The van der Waals surface area contributed by atoms with Crippen LogP contribution in [0.4, 0.5) is 0 Å². The Morgan fingerprint density at radius 3 is 2.11 bits per heavy atom. The van der Waals surface area contributed by atoms with E-state index in [1.807, 2.05) is 12.1 Å². The summed E-state index contributed by atoms with van der Waals surface area (Å²) < 4.78 is 20.9. The number of carbonyl (C=O) groups excluding carboxylic acids is 4. The molecule has 8 heteroatoms. The molecule has 0 spiro atoms. The number of hydrogen-bond donors (Lipinski definition) is 0. The Morgan fingerprint density at radius 2 is 1.50 bits per heavy atom. The first kappa shape index (κ1) is 29.1. The van der Waals surface area contributed by atoms with Gasteiger partial charge in [0.15, 0.2) is 0 Å². The highest BCUT2D eigenvalue weighted by molar-refractivity contribution is 5.81. The summed E-state index contributed by atoms with van der Waals surface area (Å²) in [7, 11) is 0. The highest BCUT2D eigenvalue weighted by atomic mass is 16.6. The molecule has 1 aliphatic rings. The van der Waals surface area contributed by atoms with Gasteiger partial charge in [-0.05, 0) is 49.3 Å². The number of benzene rings is 1. The predicted octanol–water partition coefficient (Wildman–Crippen LogP) is 4.58. The van der Waals surface area contributed by atoms with Gasteiger partial charge in [0.2, 0.25) is 0 Å². The maximum Gasteiger partial charge on any atom is 0.330 e.